The molecular formula is C16H23ClO. The number of ether oxygens (including phenoxy) is 1. The van der Waals surface area contributed by atoms with Crippen molar-refractivity contribution in [3.8, 4) is 0 Å². The molecular weight excluding hydrogens is 244 g/mol. The maximum absolute atomic E-state index is 6.56. The molecule has 2 atom stereocenters. The molecule has 0 amide bonds. The highest BCUT2D eigenvalue weighted by Crippen LogP contribution is 2.53. The van der Waals surface area contributed by atoms with Crippen LogP contribution in [0.5, 0.6) is 0 Å². The number of benzene rings is 1. The number of halogens is 1. The predicted molar refractivity (Wildman–Crippen MR) is 77.0 cm³/mol. The molecule has 1 aliphatic heterocycles. The Hall–Kier alpha value is -0.530. The van der Waals surface area contributed by atoms with Gasteiger partial charge >= 0.3 is 0 Å². The summed E-state index contributed by atoms with van der Waals surface area (Å²) in [4.78, 5) is 0. The van der Waals surface area contributed by atoms with Gasteiger partial charge in [0.2, 0.25) is 0 Å². The third-order valence-corrected chi connectivity index (χ3v) is 4.68. The minimum absolute atomic E-state index is 0.00866. The minimum Gasteiger partial charge on any atom is -0.369 e. The third-order valence-electron chi connectivity index (χ3n) is 4.27. The second-order valence-corrected chi connectivity index (χ2v) is 6.53. The maximum atomic E-state index is 6.56. The molecule has 0 radical (unpaired) electrons. The summed E-state index contributed by atoms with van der Waals surface area (Å²) < 4.78 is 5.82. The first kappa shape index (κ1) is 13.9. The summed E-state index contributed by atoms with van der Waals surface area (Å²) in [6.07, 6.45) is 3.29. The molecule has 0 bridgehead atoms. The number of alkyl halides is 1. The fraction of sp³-hybridized carbons (Fsp3) is 0.625. The van der Waals surface area contributed by atoms with Crippen molar-refractivity contribution in [3.63, 3.8) is 0 Å². The highest BCUT2D eigenvalue weighted by Gasteiger charge is 2.56. The summed E-state index contributed by atoms with van der Waals surface area (Å²) in [6, 6.07) is 10.3. The van der Waals surface area contributed by atoms with E-state index in [0.29, 0.717) is 0 Å². The molecule has 2 rings (SSSR count). The van der Waals surface area contributed by atoms with E-state index < -0.39 is 0 Å². The van der Waals surface area contributed by atoms with Gasteiger partial charge in [-0.15, -0.1) is 11.6 Å². The van der Waals surface area contributed by atoms with Crippen molar-refractivity contribution in [1.29, 1.82) is 0 Å². The van der Waals surface area contributed by atoms with Crippen molar-refractivity contribution in [2.24, 2.45) is 5.41 Å². The number of rotatable bonds is 6. The summed E-state index contributed by atoms with van der Waals surface area (Å²) in [7, 11) is 0. The largest absolute Gasteiger partial charge is 0.369 e. The topological polar surface area (TPSA) is 12.5 Å². The molecule has 1 heterocycles. The Morgan fingerprint density at radius 1 is 1.33 bits per heavy atom. The van der Waals surface area contributed by atoms with Gasteiger partial charge < -0.3 is 4.74 Å². The van der Waals surface area contributed by atoms with Gasteiger partial charge in [0.1, 0.15) is 0 Å². The van der Waals surface area contributed by atoms with E-state index in [-0.39, 0.29) is 16.4 Å². The molecule has 1 aliphatic rings. The molecule has 0 aromatic heterocycles. The molecule has 100 valence electrons. The second kappa shape index (κ2) is 5.22. The predicted octanol–water partition coefficient (Wildman–Crippen LogP) is 4.95. The molecule has 0 spiro atoms. The SMILES string of the molecule is CCCC(C)(C)C1(CC(Cl)c2ccccc2)CO1. The summed E-state index contributed by atoms with van der Waals surface area (Å²) in [5.74, 6) is 0. The number of hydrogen-bond acceptors (Lipinski definition) is 1. The monoisotopic (exact) mass is 266 g/mol. The fourth-order valence-corrected chi connectivity index (χ4v) is 3.19. The van der Waals surface area contributed by atoms with Crippen molar-refractivity contribution >= 4 is 11.6 Å². The van der Waals surface area contributed by atoms with Crippen LogP contribution in [0.3, 0.4) is 0 Å². The maximum Gasteiger partial charge on any atom is 0.0984 e. The lowest BCUT2D eigenvalue weighted by Gasteiger charge is -2.33. The molecule has 1 aromatic rings. The van der Waals surface area contributed by atoms with Gasteiger partial charge in [-0.2, -0.15) is 0 Å². The van der Waals surface area contributed by atoms with Crippen LogP contribution in [0.4, 0.5) is 0 Å². The van der Waals surface area contributed by atoms with Crippen LogP contribution >= 0.6 is 11.6 Å². The highest BCUT2D eigenvalue weighted by molar-refractivity contribution is 6.20. The quantitative estimate of drug-likeness (QED) is 0.524. The Bertz CT molecular complexity index is 381. The molecule has 1 fully saturated rings. The zero-order chi connectivity index (χ0) is 13.2. The lowest BCUT2D eigenvalue weighted by atomic mass is 9.73. The van der Waals surface area contributed by atoms with Gasteiger partial charge in [-0.25, -0.2) is 0 Å². The van der Waals surface area contributed by atoms with E-state index >= 15 is 0 Å². The lowest BCUT2D eigenvalue weighted by molar-refractivity contribution is 0.115. The molecule has 0 N–H and O–H groups in total. The van der Waals surface area contributed by atoms with Crippen molar-refractivity contribution < 1.29 is 4.74 Å². The summed E-state index contributed by atoms with van der Waals surface area (Å²) in [6.45, 7) is 7.69. The van der Waals surface area contributed by atoms with Crippen LogP contribution in [0.1, 0.15) is 51.0 Å². The van der Waals surface area contributed by atoms with E-state index in [9.17, 15) is 0 Å². The number of hydrogen-bond donors (Lipinski definition) is 0. The van der Waals surface area contributed by atoms with Gasteiger partial charge in [0.15, 0.2) is 0 Å². The van der Waals surface area contributed by atoms with Crippen LogP contribution in [0.25, 0.3) is 0 Å². The van der Waals surface area contributed by atoms with E-state index in [0.717, 1.165) is 13.0 Å². The zero-order valence-corrected chi connectivity index (χ0v) is 12.3. The Kier molecular flexibility index (Phi) is 4.03. The molecule has 1 aromatic carbocycles. The van der Waals surface area contributed by atoms with E-state index in [2.05, 4.69) is 32.9 Å². The average Bonchev–Trinajstić information content (AvgIpc) is 3.11. The van der Waals surface area contributed by atoms with E-state index in [1.165, 1.54) is 18.4 Å². The minimum atomic E-state index is -0.00866. The highest BCUT2D eigenvalue weighted by atomic mass is 35.5. The zero-order valence-electron chi connectivity index (χ0n) is 11.6. The second-order valence-electron chi connectivity index (χ2n) is 6.00. The molecule has 2 unspecified atom stereocenters. The normalized spacial score (nSPS) is 24.9. The molecule has 0 aliphatic carbocycles. The van der Waals surface area contributed by atoms with Gasteiger partial charge in [-0.1, -0.05) is 57.5 Å². The smallest absolute Gasteiger partial charge is 0.0984 e. The van der Waals surface area contributed by atoms with Crippen LogP contribution in [0.15, 0.2) is 30.3 Å². The first-order valence-corrected chi connectivity index (χ1v) is 7.27. The van der Waals surface area contributed by atoms with Gasteiger partial charge in [-0.3, -0.25) is 0 Å². The molecule has 0 saturated carbocycles. The van der Waals surface area contributed by atoms with Crippen molar-refractivity contribution in [2.45, 2.75) is 51.0 Å². The Labute approximate surface area is 115 Å². The van der Waals surface area contributed by atoms with Crippen molar-refractivity contribution in [1.82, 2.24) is 0 Å². The Balaban J connectivity index is 2.05. The van der Waals surface area contributed by atoms with Crippen LogP contribution in [-0.4, -0.2) is 12.2 Å². The third kappa shape index (κ3) is 2.73. The van der Waals surface area contributed by atoms with Crippen molar-refractivity contribution in [2.75, 3.05) is 6.61 Å². The Morgan fingerprint density at radius 2 is 1.94 bits per heavy atom. The van der Waals surface area contributed by atoms with Gasteiger partial charge in [-0.05, 0) is 23.8 Å². The van der Waals surface area contributed by atoms with E-state index in [1.54, 1.807) is 0 Å². The average molecular weight is 267 g/mol. The van der Waals surface area contributed by atoms with Gasteiger partial charge in [0.25, 0.3) is 0 Å². The van der Waals surface area contributed by atoms with Crippen LogP contribution in [-0.2, 0) is 4.74 Å². The lowest BCUT2D eigenvalue weighted by Crippen LogP contribution is -2.34. The fourth-order valence-electron chi connectivity index (χ4n) is 2.79. The van der Waals surface area contributed by atoms with E-state index in [1.807, 2.05) is 18.2 Å². The summed E-state index contributed by atoms with van der Waals surface area (Å²) >= 11 is 6.56. The molecule has 18 heavy (non-hydrogen) atoms. The molecule has 1 nitrogen and oxygen atoms in total. The first-order chi connectivity index (χ1) is 8.51. The summed E-state index contributed by atoms with van der Waals surface area (Å²) in [5, 5.41) is 0.0461. The first-order valence-electron chi connectivity index (χ1n) is 6.84. The number of epoxide rings is 1. The molecule has 1 saturated heterocycles. The Morgan fingerprint density at radius 3 is 2.44 bits per heavy atom. The van der Waals surface area contributed by atoms with Gasteiger partial charge in [0, 0.05) is 0 Å². The van der Waals surface area contributed by atoms with E-state index in [4.69, 9.17) is 16.3 Å². The van der Waals surface area contributed by atoms with Crippen LogP contribution in [0.2, 0.25) is 0 Å². The molecule has 2 heteroatoms. The summed E-state index contributed by atoms with van der Waals surface area (Å²) in [5.41, 5.74) is 1.40. The van der Waals surface area contributed by atoms with Crippen molar-refractivity contribution in [3.05, 3.63) is 35.9 Å². The van der Waals surface area contributed by atoms with Crippen LogP contribution in [0, 0.1) is 5.41 Å². The standard InChI is InChI=1S/C16H23ClO/c1-4-10-15(2,3)16(12-18-16)11-14(17)13-8-6-5-7-9-13/h5-9,14H,4,10-12H2,1-3H3. The van der Waals surface area contributed by atoms with Crippen LogP contribution < -0.4 is 0 Å². The van der Waals surface area contributed by atoms with Gasteiger partial charge in [0.05, 0.1) is 17.6 Å².